The molecule has 0 aliphatic carbocycles. The van der Waals surface area contributed by atoms with Gasteiger partial charge in [-0.15, -0.1) is 0 Å². The van der Waals surface area contributed by atoms with Gasteiger partial charge in [0.25, 0.3) is 10.2 Å². The van der Waals surface area contributed by atoms with Gasteiger partial charge in [0.1, 0.15) is 0 Å². The molecule has 1 atom stereocenters. The van der Waals surface area contributed by atoms with E-state index in [1.807, 2.05) is 6.07 Å². The fraction of sp³-hybridized carbons (Fsp3) is 0.647. The molecule has 5 heteroatoms. The van der Waals surface area contributed by atoms with Crippen LogP contribution in [-0.2, 0) is 10.2 Å². The molecule has 4 nitrogen and oxygen atoms in total. The molecule has 0 amide bonds. The molecule has 3 rings (SSSR count). The van der Waals surface area contributed by atoms with Crippen LogP contribution in [0, 0.1) is 5.92 Å². The van der Waals surface area contributed by atoms with E-state index in [4.69, 9.17) is 0 Å². The summed E-state index contributed by atoms with van der Waals surface area (Å²) in [6.45, 7) is 4.80. The van der Waals surface area contributed by atoms with E-state index in [0.29, 0.717) is 38.0 Å². The lowest BCUT2D eigenvalue weighted by atomic mass is 9.90. The molecule has 0 radical (unpaired) electrons. The third-order valence-corrected chi connectivity index (χ3v) is 7.00. The van der Waals surface area contributed by atoms with Crippen LogP contribution in [0.5, 0.6) is 0 Å². The SMILES string of the molecule is C[C@H]1CCCN(S(=O)(=O)N2CCC(c3ccccc3)CC2)C1. The standard InChI is InChI=1S/C17H26N2O2S/c1-15-6-5-11-19(14-15)22(20,21)18-12-9-17(10-13-18)16-7-3-2-4-8-16/h2-4,7-8,15,17H,5-6,9-14H2,1H3/t15-/m0/s1. The minimum atomic E-state index is -3.26. The molecule has 2 heterocycles. The Morgan fingerprint density at radius 2 is 1.64 bits per heavy atom. The van der Waals surface area contributed by atoms with Gasteiger partial charge in [0.05, 0.1) is 0 Å². The average Bonchev–Trinajstić information content (AvgIpc) is 2.56. The summed E-state index contributed by atoms with van der Waals surface area (Å²) in [6.07, 6.45) is 3.97. The van der Waals surface area contributed by atoms with E-state index in [9.17, 15) is 8.42 Å². The Labute approximate surface area is 134 Å². The molecule has 2 aliphatic heterocycles. The molecule has 0 aromatic heterocycles. The summed E-state index contributed by atoms with van der Waals surface area (Å²) in [5.74, 6) is 0.971. The highest BCUT2D eigenvalue weighted by Gasteiger charge is 2.34. The van der Waals surface area contributed by atoms with Crippen LogP contribution >= 0.6 is 0 Å². The lowest BCUT2D eigenvalue weighted by Crippen LogP contribution is -2.49. The van der Waals surface area contributed by atoms with Crippen molar-refractivity contribution in [1.29, 1.82) is 0 Å². The molecule has 0 spiro atoms. The van der Waals surface area contributed by atoms with Crippen LogP contribution in [0.2, 0.25) is 0 Å². The van der Waals surface area contributed by atoms with Crippen LogP contribution in [0.25, 0.3) is 0 Å². The summed E-state index contributed by atoms with van der Waals surface area (Å²) in [6, 6.07) is 10.5. The van der Waals surface area contributed by atoms with Gasteiger partial charge >= 0.3 is 0 Å². The molecule has 1 aromatic carbocycles. The Bertz CT molecular complexity index is 580. The zero-order valence-corrected chi connectivity index (χ0v) is 14.1. The second-order valence-electron chi connectivity index (χ2n) is 6.70. The van der Waals surface area contributed by atoms with Crippen molar-refractivity contribution < 1.29 is 8.42 Å². The molecule has 122 valence electrons. The zero-order chi connectivity index (χ0) is 15.6. The largest absolute Gasteiger partial charge is 0.281 e. The van der Waals surface area contributed by atoms with Crippen LogP contribution in [0.4, 0.5) is 0 Å². The third-order valence-electron chi connectivity index (χ3n) is 5.00. The monoisotopic (exact) mass is 322 g/mol. The lowest BCUT2D eigenvalue weighted by Gasteiger charge is -2.37. The Kier molecular flexibility index (Phi) is 4.85. The first-order chi connectivity index (χ1) is 10.6. The highest BCUT2D eigenvalue weighted by molar-refractivity contribution is 7.86. The average molecular weight is 322 g/mol. The van der Waals surface area contributed by atoms with E-state index in [-0.39, 0.29) is 0 Å². The number of hydrogen-bond donors (Lipinski definition) is 0. The van der Waals surface area contributed by atoms with Crippen molar-refractivity contribution in [2.24, 2.45) is 5.92 Å². The van der Waals surface area contributed by atoms with E-state index in [1.165, 1.54) is 5.56 Å². The quantitative estimate of drug-likeness (QED) is 0.858. The summed E-state index contributed by atoms with van der Waals surface area (Å²) >= 11 is 0. The van der Waals surface area contributed by atoms with Crippen molar-refractivity contribution in [1.82, 2.24) is 8.61 Å². The van der Waals surface area contributed by atoms with Crippen molar-refractivity contribution in [3.05, 3.63) is 35.9 Å². The van der Waals surface area contributed by atoms with E-state index in [1.54, 1.807) is 8.61 Å². The Morgan fingerprint density at radius 1 is 0.955 bits per heavy atom. The number of rotatable bonds is 3. The minimum absolute atomic E-state index is 0.477. The second-order valence-corrected chi connectivity index (χ2v) is 8.63. The summed E-state index contributed by atoms with van der Waals surface area (Å²) in [7, 11) is -3.26. The topological polar surface area (TPSA) is 40.6 Å². The first kappa shape index (κ1) is 16.0. The molecular formula is C17H26N2O2S. The molecule has 2 aliphatic rings. The molecule has 1 aromatic rings. The van der Waals surface area contributed by atoms with Gasteiger partial charge < -0.3 is 0 Å². The second kappa shape index (κ2) is 6.69. The number of piperidine rings is 2. The Hall–Kier alpha value is -0.910. The minimum Gasteiger partial charge on any atom is -0.195 e. The van der Waals surface area contributed by atoms with Crippen molar-refractivity contribution in [2.45, 2.75) is 38.5 Å². The van der Waals surface area contributed by atoms with Gasteiger partial charge in [-0.3, -0.25) is 0 Å². The predicted octanol–water partition coefficient (Wildman–Crippen LogP) is 2.84. The smallest absolute Gasteiger partial charge is 0.195 e. The van der Waals surface area contributed by atoms with Gasteiger partial charge in [0, 0.05) is 26.2 Å². The molecule has 22 heavy (non-hydrogen) atoms. The maximum Gasteiger partial charge on any atom is 0.281 e. The van der Waals surface area contributed by atoms with Crippen LogP contribution in [0.1, 0.15) is 44.1 Å². The molecule has 2 saturated heterocycles. The van der Waals surface area contributed by atoms with Crippen molar-refractivity contribution >= 4 is 10.2 Å². The van der Waals surface area contributed by atoms with Crippen molar-refractivity contribution in [3.63, 3.8) is 0 Å². The normalized spacial score (nSPS) is 26.1. The predicted molar refractivity (Wildman–Crippen MR) is 88.9 cm³/mol. The van der Waals surface area contributed by atoms with E-state index in [2.05, 4.69) is 31.2 Å². The van der Waals surface area contributed by atoms with Gasteiger partial charge in [-0.25, -0.2) is 0 Å². The van der Waals surface area contributed by atoms with Crippen LogP contribution in [0.15, 0.2) is 30.3 Å². The molecule has 0 saturated carbocycles. The van der Waals surface area contributed by atoms with E-state index >= 15 is 0 Å². The molecule has 0 unspecified atom stereocenters. The number of nitrogens with zero attached hydrogens (tertiary/aromatic N) is 2. The van der Waals surface area contributed by atoms with Gasteiger partial charge in [-0.2, -0.15) is 17.0 Å². The first-order valence-electron chi connectivity index (χ1n) is 8.37. The van der Waals surface area contributed by atoms with Gasteiger partial charge in [-0.1, -0.05) is 37.3 Å². The van der Waals surface area contributed by atoms with Crippen molar-refractivity contribution in [3.8, 4) is 0 Å². The van der Waals surface area contributed by atoms with Crippen LogP contribution in [-0.4, -0.2) is 43.2 Å². The summed E-state index contributed by atoms with van der Waals surface area (Å²) in [5.41, 5.74) is 1.34. The Morgan fingerprint density at radius 3 is 2.27 bits per heavy atom. The van der Waals surface area contributed by atoms with Crippen LogP contribution in [0.3, 0.4) is 0 Å². The molecular weight excluding hydrogens is 296 g/mol. The Balaban J connectivity index is 1.63. The van der Waals surface area contributed by atoms with Crippen molar-refractivity contribution in [2.75, 3.05) is 26.2 Å². The van der Waals surface area contributed by atoms with E-state index in [0.717, 1.165) is 25.7 Å². The van der Waals surface area contributed by atoms with Gasteiger partial charge in [-0.05, 0) is 43.1 Å². The summed E-state index contributed by atoms with van der Waals surface area (Å²) < 4.78 is 29.0. The molecule has 0 bridgehead atoms. The first-order valence-corrected chi connectivity index (χ1v) is 9.77. The highest BCUT2D eigenvalue weighted by atomic mass is 32.2. The number of benzene rings is 1. The lowest BCUT2D eigenvalue weighted by molar-refractivity contribution is 0.242. The van der Waals surface area contributed by atoms with Crippen LogP contribution < -0.4 is 0 Å². The molecule has 2 fully saturated rings. The fourth-order valence-corrected chi connectivity index (χ4v) is 5.47. The fourth-order valence-electron chi connectivity index (χ4n) is 3.66. The number of hydrogen-bond acceptors (Lipinski definition) is 2. The maximum atomic E-state index is 12.8. The zero-order valence-electron chi connectivity index (χ0n) is 13.3. The van der Waals surface area contributed by atoms with Gasteiger partial charge in [0.15, 0.2) is 0 Å². The molecule has 0 N–H and O–H groups in total. The maximum absolute atomic E-state index is 12.8. The summed E-state index contributed by atoms with van der Waals surface area (Å²) in [5, 5.41) is 0. The summed E-state index contributed by atoms with van der Waals surface area (Å²) in [4.78, 5) is 0. The highest BCUT2D eigenvalue weighted by Crippen LogP contribution is 2.30. The van der Waals surface area contributed by atoms with E-state index < -0.39 is 10.2 Å². The third kappa shape index (κ3) is 3.36. The van der Waals surface area contributed by atoms with Gasteiger partial charge in [0.2, 0.25) is 0 Å².